The van der Waals surface area contributed by atoms with Crippen molar-refractivity contribution in [2.45, 2.75) is 6.42 Å². The Balaban J connectivity index is 2.15. The molecule has 0 unspecified atom stereocenters. The fraction of sp³-hybridized carbons (Fsp3) is 0.562. The van der Waals surface area contributed by atoms with Crippen LogP contribution in [0.4, 0.5) is 11.4 Å². The smallest absolute Gasteiger partial charge is 0.270 e. The molecule has 1 aliphatic rings. The van der Waals surface area contributed by atoms with Crippen LogP contribution in [0.15, 0.2) is 18.2 Å². The summed E-state index contributed by atoms with van der Waals surface area (Å²) in [5, 5.41) is 13.9. The molecule has 0 spiro atoms. The summed E-state index contributed by atoms with van der Waals surface area (Å²) < 4.78 is 5.33. The highest BCUT2D eigenvalue weighted by molar-refractivity contribution is 6.00. The SMILES string of the molecule is CN(C)CCCNC(=O)c1cc([N+](=O)[O-])ccc1N1CCOCC1. The van der Waals surface area contributed by atoms with E-state index in [0.717, 1.165) is 13.0 Å². The Morgan fingerprint density at radius 2 is 2.08 bits per heavy atom. The molecule has 0 radical (unpaired) electrons. The number of morpholine rings is 1. The van der Waals surface area contributed by atoms with Gasteiger partial charge in [-0.25, -0.2) is 0 Å². The molecule has 1 N–H and O–H groups in total. The number of nitrogens with one attached hydrogen (secondary N) is 1. The first-order chi connectivity index (χ1) is 11.5. The third kappa shape index (κ3) is 4.90. The molecule has 0 bridgehead atoms. The topological polar surface area (TPSA) is 88.0 Å². The maximum atomic E-state index is 12.5. The van der Waals surface area contributed by atoms with Gasteiger partial charge in [-0.05, 0) is 33.1 Å². The summed E-state index contributed by atoms with van der Waals surface area (Å²) in [7, 11) is 3.94. The number of nitro groups is 1. The van der Waals surface area contributed by atoms with Crippen LogP contribution in [0.1, 0.15) is 16.8 Å². The number of carbonyl (C=O) groups is 1. The van der Waals surface area contributed by atoms with Gasteiger partial charge in [-0.3, -0.25) is 14.9 Å². The van der Waals surface area contributed by atoms with Crippen LogP contribution in [0.2, 0.25) is 0 Å². The highest BCUT2D eigenvalue weighted by atomic mass is 16.6. The molecule has 132 valence electrons. The van der Waals surface area contributed by atoms with Gasteiger partial charge < -0.3 is 19.9 Å². The van der Waals surface area contributed by atoms with Gasteiger partial charge in [0.05, 0.1) is 29.4 Å². The van der Waals surface area contributed by atoms with Crippen molar-refractivity contribution in [2.24, 2.45) is 0 Å². The Kier molecular flexibility index (Phi) is 6.51. The molecule has 24 heavy (non-hydrogen) atoms. The molecule has 1 aromatic rings. The number of amides is 1. The molecule has 1 fully saturated rings. The molecule has 1 amide bonds. The van der Waals surface area contributed by atoms with Gasteiger partial charge in [0.25, 0.3) is 11.6 Å². The van der Waals surface area contributed by atoms with Gasteiger partial charge in [-0.2, -0.15) is 0 Å². The molecule has 0 aliphatic carbocycles. The first-order valence-corrected chi connectivity index (χ1v) is 8.03. The van der Waals surface area contributed by atoms with Crippen LogP contribution in [0.3, 0.4) is 0 Å². The molecule has 1 heterocycles. The van der Waals surface area contributed by atoms with Crippen LogP contribution < -0.4 is 10.2 Å². The molecular formula is C16H24N4O4. The monoisotopic (exact) mass is 336 g/mol. The predicted molar refractivity (Wildman–Crippen MR) is 91.6 cm³/mol. The van der Waals surface area contributed by atoms with E-state index in [0.29, 0.717) is 44.1 Å². The minimum Gasteiger partial charge on any atom is -0.378 e. The summed E-state index contributed by atoms with van der Waals surface area (Å²) in [5.41, 5.74) is 0.982. The number of hydrogen-bond donors (Lipinski definition) is 1. The molecular weight excluding hydrogens is 312 g/mol. The first kappa shape index (κ1) is 18.2. The Labute approximate surface area is 141 Å². The lowest BCUT2D eigenvalue weighted by molar-refractivity contribution is -0.384. The van der Waals surface area contributed by atoms with Crippen LogP contribution in [-0.2, 0) is 4.74 Å². The summed E-state index contributed by atoms with van der Waals surface area (Å²) in [4.78, 5) is 27.1. The van der Waals surface area contributed by atoms with Crippen molar-refractivity contribution in [3.05, 3.63) is 33.9 Å². The van der Waals surface area contributed by atoms with Crippen LogP contribution in [-0.4, -0.2) is 69.2 Å². The number of hydrogen-bond acceptors (Lipinski definition) is 6. The lowest BCUT2D eigenvalue weighted by Crippen LogP contribution is -2.38. The van der Waals surface area contributed by atoms with Gasteiger partial charge >= 0.3 is 0 Å². The van der Waals surface area contributed by atoms with Gasteiger partial charge in [-0.15, -0.1) is 0 Å². The molecule has 1 aromatic carbocycles. The number of nitro benzene ring substituents is 1. The maximum Gasteiger partial charge on any atom is 0.270 e. The van der Waals surface area contributed by atoms with E-state index in [2.05, 4.69) is 5.32 Å². The van der Waals surface area contributed by atoms with E-state index >= 15 is 0 Å². The third-order valence-electron chi connectivity index (χ3n) is 3.86. The zero-order chi connectivity index (χ0) is 17.5. The summed E-state index contributed by atoms with van der Waals surface area (Å²) in [6.07, 6.45) is 0.820. The zero-order valence-corrected chi connectivity index (χ0v) is 14.2. The lowest BCUT2D eigenvalue weighted by Gasteiger charge is -2.30. The highest BCUT2D eigenvalue weighted by Crippen LogP contribution is 2.26. The second kappa shape index (κ2) is 8.60. The molecule has 0 aromatic heterocycles. The lowest BCUT2D eigenvalue weighted by atomic mass is 10.1. The largest absolute Gasteiger partial charge is 0.378 e. The number of ether oxygens (including phenoxy) is 1. The summed E-state index contributed by atoms with van der Waals surface area (Å²) >= 11 is 0. The van der Waals surface area contributed by atoms with E-state index in [4.69, 9.17) is 4.74 Å². The minimum atomic E-state index is -0.480. The number of nitrogens with zero attached hydrogens (tertiary/aromatic N) is 3. The minimum absolute atomic E-state index is 0.0783. The Hall–Kier alpha value is -2.19. The van der Waals surface area contributed by atoms with Crippen LogP contribution in [0.5, 0.6) is 0 Å². The molecule has 8 heteroatoms. The van der Waals surface area contributed by atoms with E-state index in [9.17, 15) is 14.9 Å². The summed E-state index contributed by atoms with van der Waals surface area (Å²) in [5.74, 6) is -0.279. The van der Waals surface area contributed by atoms with Crippen molar-refractivity contribution in [1.82, 2.24) is 10.2 Å². The van der Waals surface area contributed by atoms with Crippen LogP contribution >= 0.6 is 0 Å². The summed E-state index contributed by atoms with van der Waals surface area (Å²) in [6.45, 7) is 3.90. The van der Waals surface area contributed by atoms with Gasteiger partial charge in [0.2, 0.25) is 0 Å². The van der Waals surface area contributed by atoms with Crippen LogP contribution in [0, 0.1) is 10.1 Å². The molecule has 2 rings (SSSR count). The van der Waals surface area contributed by atoms with Gasteiger partial charge in [-0.1, -0.05) is 0 Å². The average Bonchev–Trinajstić information content (AvgIpc) is 2.58. The summed E-state index contributed by atoms with van der Waals surface area (Å²) in [6, 6.07) is 4.44. The second-order valence-corrected chi connectivity index (χ2v) is 5.97. The fourth-order valence-corrected chi connectivity index (χ4v) is 2.59. The zero-order valence-electron chi connectivity index (χ0n) is 14.2. The normalized spacial score (nSPS) is 14.7. The Bertz CT molecular complexity index is 585. The molecule has 0 saturated carbocycles. The van der Waals surface area contributed by atoms with Gasteiger partial charge in [0, 0.05) is 31.8 Å². The molecule has 8 nitrogen and oxygen atoms in total. The van der Waals surface area contributed by atoms with E-state index in [1.54, 1.807) is 6.07 Å². The van der Waals surface area contributed by atoms with Crippen molar-refractivity contribution in [3.63, 3.8) is 0 Å². The standard InChI is InChI=1S/C16H24N4O4/c1-18(2)7-3-6-17-16(21)14-12-13(20(22)23)4-5-15(14)19-8-10-24-11-9-19/h4-5,12H,3,6-11H2,1-2H3,(H,17,21). The van der Waals surface area contributed by atoms with Crippen molar-refractivity contribution in [1.29, 1.82) is 0 Å². The number of anilines is 1. The van der Waals surface area contributed by atoms with E-state index in [1.165, 1.54) is 12.1 Å². The highest BCUT2D eigenvalue weighted by Gasteiger charge is 2.21. The third-order valence-corrected chi connectivity index (χ3v) is 3.86. The second-order valence-electron chi connectivity index (χ2n) is 5.97. The van der Waals surface area contributed by atoms with Gasteiger partial charge in [0.1, 0.15) is 0 Å². The molecule has 1 saturated heterocycles. The van der Waals surface area contributed by atoms with Crippen molar-refractivity contribution < 1.29 is 14.5 Å². The predicted octanol–water partition coefficient (Wildman–Crippen LogP) is 1.11. The fourth-order valence-electron chi connectivity index (χ4n) is 2.59. The number of benzene rings is 1. The van der Waals surface area contributed by atoms with E-state index in [-0.39, 0.29) is 11.6 Å². The molecule has 0 atom stereocenters. The van der Waals surface area contributed by atoms with Crippen molar-refractivity contribution in [3.8, 4) is 0 Å². The van der Waals surface area contributed by atoms with Gasteiger partial charge in [0.15, 0.2) is 0 Å². The Morgan fingerprint density at radius 1 is 1.38 bits per heavy atom. The number of carbonyl (C=O) groups excluding carboxylic acids is 1. The van der Waals surface area contributed by atoms with E-state index in [1.807, 2.05) is 23.9 Å². The number of non-ortho nitro benzene ring substituents is 1. The number of rotatable bonds is 7. The maximum absolute atomic E-state index is 12.5. The Morgan fingerprint density at radius 3 is 2.71 bits per heavy atom. The molecule has 1 aliphatic heterocycles. The van der Waals surface area contributed by atoms with E-state index < -0.39 is 4.92 Å². The van der Waals surface area contributed by atoms with Crippen molar-refractivity contribution >= 4 is 17.3 Å². The van der Waals surface area contributed by atoms with Crippen molar-refractivity contribution in [2.75, 3.05) is 58.4 Å². The van der Waals surface area contributed by atoms with Crippen LogP contribution in [0.25, 0.3) is 0 Å². The average molecular weight is 336 g/mol. The quantitative estimate of drug-likeness (QED) is 0.456. The first-order valence-electron chi connectivity index (χ1n) is 8.03.